The minimum absolute atomic E-state index is 0.388. The fraction of sp³-hybridized carbons (Fsp3) is 0.387. The average Bonchev–Trinajstić information content (AvgIpc) is 3.01. The number of unbranched alkanes of at least 4 members (excludes halogenated alkanes) is 1. The van der Waals surface area contributed by atoms with Crippen LogP contribution < -0.4 is 20.7 Å². The molecule has 4 rings (SSSR count). The van der Waals surface area contributed by atoms with Crippen LogP contribution in [0.4, 0.5) is 17.5 Å². The minimum atomic E-state index is -0.945. The van der Waals surface area contributed by atoms with Gasteiger partial charge in [0.2, 0.25) is 0 Å². The summed E-state index contributed by atoms with van der Waals surface area (Å²) in [5.41, 5.74) is 2.40. The minimum Gasteiger partial charge on any atom is -0.492 e. The largest absolute Gasteiger partial charge is 0.492 e. The van der Waals surface area contributed by atoms with Crippen molar-refractivity contribution in [1.82, 2.24) is 19.9 Å². The van der Waals surface area contributed by atoms with E-state index in [2.05, 4.69) is 43.0 Å². The number of hydrogen-bond donors (Lipinski definition) is 5. The molecular formula is C31H40N8O3. The first-order valence-corrected chi connectivity index (χ1v) is 14.5. The highest BCUT2D eigenvalue weighted by Gasteiger charge is 2.20. The number of carboxylic acids is 1. The van der Waals surface area contributed by atoms with E-state index in [0.29, 0.717) is 37.8 Å². The molecule has 1 aliphatic heterocycles. The highest BCUT2D eigenvalue weighted by atomic mass is 16.5. The summed E-state index contributed by atoms with van der Waals surface area (Å²) in [7, 11) is 0. The number of anilines is 3. The molecule has 0 spiro atoms. The average molecular weight is 573 g/mol. The van der Waals surface area contributed by atoms with Crippen LogP contribution in [0.15, 0.2) is 67.1 Å². The van der Waals surface area contributed by atoms with E-state index >= 15 is 0 Å². The van der Waals surface area contributed by atoms with Crippen molar-refractivity contribution in [3.8, 4) is 5.75 Å². The van der Waals surface area contributed by atoms with Crippen molar-refractivity contribution in [1.29, 1.82) is 5.41 Å². The maximum absolute atomic E-state index is 12.1. The third-order valence-electron chi connectivity index (χ3n) is 6.97. The number of hydrogen-bond acceptors (Lipinski definition) is 10. The SMILES string of the molecule is N=C/C=C\Nc1cc(N[C@@H](CCN(CCCCc2ccc3c(n2)NCCC3)CCOc2ccccc2)C(=O)O)ncn1. The second-order valence-corrected chi connectivity index (χ2v) is 10.1. The van der Waals surface area contributed by atoms with Gasteiger partial charge in [-0.2, -0.15) is 0 Å². The number of allylic oxidation sites excluding steroid dienone is 1. The van der Waals surface area contributed by atoms with Crippen LogP contribution in [0.1, 0.15) is 36.9 Å². The summed E-state index contributed by atoms with van der Waals surface area (Å²) < 4.78 is 5.93. The highest BCUT2D eigenvalue weighted by molar-refractivity contribution is 5.77. The molecule has 0 radical (unpaired) electrons. The Bertz CT molecular complexity index is 1300. The summed E-state index contributed by atoms with van der Waals surface area (Å²) in [4.78, 5) is 27.5. The fourth-order valence-corrected chi connectivity index (χ4v) is 4.74. The Kier molecular flexibility index (Phi) is 12.1. The lowest BCUT2D eigenvalue weighted by atomic mass is 10.1. The molecule has 0 saturated carbocycles. The third-order valence-corrected chi connectivity index (χ3v) is 6.97. The van der Waals surface area contributed by atoms with Gasteiger partial charge in [0.25, 0.3) is 0 Å². The Labute approximate surface area is 247 Å². The standard InChI is InChI=1S/C31H40N8O3/c32-15-7-17-33-28-22-29(36-23-35-28)38-27(31(40)41)14-19-39(20-21-42-26-10-2-1-3-11-26)18-5-4-9-25-13-12-24-8-6-16-34-30(24)37-25/h1-3,7,10-13,15,17,22-23,27,32H,4-6,8-9,14,16,18-21H2,(H,34,37)(H,40,41)(H2,33,35,36,38)/b17-7-,32-15?/t27-/m0/s1. The zero-order chi connectivity index (χ0) is 29.4. The van der Waals surface area contributed by atoms with Crippen molar-refractivity contribution in [3.05, 3.63) is 78.4 Å². The molecular weight excluding hydrogens is 532 g/mol. The number of carboxylic acid groups (broad SMARTS) is 1. The first-order valence-electron chi connectivity index (χ1n) is 14.5. The van der Waals surface area contributed by atoms with Crippen LogP contribution in [0.2, 0.25) is 0 Å². The molecule has 3 heterocycles. The number of nitrogens with zero attached hydrogens (tertiary/aromatic N) is 4. The van der Waals surface area contributed by atoms with Crippen LogP contribution in [0, 0.1) is 5.41 Å². The zero-order valence-corrected chi connectivity index (χ0v) is 23.8. The smallest absolute Gasteiger partial charge is 0.326 e. The molecule has 0 aliphatic carbocycles. The van der Waals surface area contributed by atoms with Gasteiger partial charge >= 0.3 is 5.97 Å². The van der Waals surface area contributed by atoms with E-state index in [-0.39, 0.29) is 0 Å². The fourth-order valence-electron chi connectivity index (χ4n) is 4.74. The van der Waals surface area contributed by atoms with Crippen molar-refractivity contribution in [2.75, 3.05) is 48.7 Å². The van der Waals surface area contributed by atoms with E-state index in [4.69, 9.17) is 15.1 Å². The first-order chi connectivity index (χ1) is 20.6. The summed E-state index contributed by atoms with van der Waals surface area (Å²) in [5, 5.41) is 26.4. The van der Waals surface area contributed by atoms with Gasteiger partial charge in [-0.3, -0.25) is 4.90 Å². The van der Waals surface area contributed by atoms with Gasteiger partial charge in [-0.1, -0.05) is 24.3 Å². The maximum Gasteiger partial charge on any atom is 0.326 e. The molecule has 11 heteroatoms. The number of rotatable bonds is 18. The summed E-state index contributed by atoms with van der Waals surface area (Å²) in [6, 6.07) is 14.8. The van der Waals surface area contributed by atoms with Crippen molar-refractivity contribution in [2.45, 2.75) is 44.6 Å². The van der Waals surface area contributed by atoms with Crippen LogP contribution >= 0.6 is 0 Å². The van der Waals surface area contributed by atoms with Crippen molar-refractivity contribution >= 4 is 29.6 Å². The second kappa shape index (κ2) is 16.7. The zero-order valence-electron chi connectivity index (χ0n) is 23.8. The van der Waals surface area contributed by atoms with Gasteiger partial charge in [0.05, 0.1) is 0 Å². The highest BCUT2D eigenvalue weighted by Crippen LogP contribution is 2.20. The Hall–Kier alpha value is -4.51. The van der Waals surface area contributed by atoms with Crippen molar-refractivity contribution in [2.24, 2.45) is 0 Å². The van der Waals surface area contributed by atoms with Gasteiger partial charge < -0.3 is 31.2 Å². The summed E-state index contributed by atoms with van der Waals surface area (Å²) >= 11 is 0. The van der Waals surface area contributed by atoms with Gasteiger partial charge in [-0.15, -0.1) is 0 Å². The number of benzene rings is 1. The number of aliphatic carboxylic acids is 1. The lowest BCUT2D eigenvalue weighted by Gasteiger charge is -2.24. The van der Waals surface area contributed by atoms with Crippen molar-refractivity contribution in [3.63, 3.8) is 0 Å². The number of fused-ring (bicyclic) bond motifs is 1. The maximum atomic E-state index is 12.1. The van der Waals surface area contributed by atoms with E-state index in [0.717, 1.165) is 68.7 Å². The van der Waals surface area contributed by atoms with Gasteiger partial charge in [-0.05, 0) is 74.9 Å². The predicted molar refractivity (Wildman–Crippen MR) is 166 cm³/mol. The van der Waals surface area contributed by atoms with Gasteiger partial charge in [0, 0.05) is 43.8 Å². The number of aryl methyl sites for hydroxylation is 2. The monoisotopic (exact) mass is 572 g/mol. The topological polar surface area (TPSA) is 148 Å². The molecule has 0 bridgehead atoms. The van der Waals surface area contributed by atoms with Crippen LogP contribution in [-0.4, -0.2) is 76.0 Å². The van der Waals surface area contributed by atoms with Gasteiger partial charge in [0.1, 0.15) is 42.2 Å². The van der Waals surface area contributed by atoms with Gasteiger partial charge in [0.15, 0.2) is 0 Å². The number of para-hydroxylation sites is 1. The van der Waals surface area contributed by atoms with Crippen molar-refractivity contribution < 1.29 is 14.6 Å². The Morgan fingerprint density at radius 3 is 2.81 bits per heavy atom. The van der Waals surface area contributed by atoms with Crippen LogP contribution in [0.25, 0.3) is 0 Å². The molecule has 11 nitrogen and oxygen atoms in total. The van der Waals surface area contributed by atoms with E-state index < -0.39 is 12.0 Å². The Balaban J connectivity index is 1.31. The molecule has 222 valence electrons. The van der Waals surface area contributed by atoms with Gasteiger partial charge in [-0.25, -0.2) is 19.7 Å². The predicted octanol–water partition coefficient (Wildman–Crippen LogP) is 4.46. The lowest BCUT2D eigenvalue weighted by molar-refractivity contribution is -0.138. The summed E-state index contributed by atoms with van der Waals surface area (Å²) in [6.07, 6.45) is 11.1. The Morgan fingerprint density at radius 1 is 1.12 bits per heavy atom. The Morgan fingerprint density at radius 2 is 1.98 bits per heavy atom. The molecule has 1 aromatic carbocycles. The normalized spacial score (nSPS) is 13.3. The number of ether oxygens (including phenoxy) is 1. The number of carbonyl (C=O) groups is 1. The molecule has 2 aromatic heterocycles. The van der Waals surface area contributed by atoms with E-state index in [1.54, 1.807) is 12.3 Å². The number of pyridine rings is 1. The molecule has 0 unspecified atom stereocenters. The molecule has 1 atom stereocenters. The lowest BCUT2D eigenvalue weighted by Crippen LogP contribution is -2.37. The molecule has 0 saturated heterocycles. The third kappa shape index (κ3) is 10.2. The van der Waals surface area contributed by atoms with E-state index in [1.165, 1.54) is 18.0 Å². The summed E-state index contributed by atoms with van der Waals surface area (Å²) in [5.74, 6) is 1.81. The summed E-state index contributed by atoms with van der Waals surface area (Å²) in [6.45, 7) is 3.59. The molecule has 0 fully saturated rings. The number of nitrogens with one attached hydrogen (secondary N) is 4. The molecule has 3 aromatic rings. The molecule has 42 heavy (non-hydrogen) atoms. The first kappa shape index (κ1) is 30.4. The van der Waals surface area contributed by atoms with Crippen LogP contribution in [0.5, 0.6) is 5.75 Å². The molecule has 1 aliphatic rings. The molecule has 0 amide bonds. The molecule has 5 N–H and O–H groups in total. The van der Waals surface area contributed by atoms with E-state index in [1.807, 2.05) is 30.3 Å². The van der Waals surface area contributed by atoms with Crippen LogP contribution in [-0.2, 0) is 17.6 Å². The quantitative estimate of drug-likeness (QED) is 0.109. The number of aromatic nitrogens is 3. The van der Waals surface area contributed by atoms with E-state index in [9.17, 15) is 9.90 Å². The second-order valence-electron chi connectivity index (χ2n) is 10.1. The van der Waals surface area contributed by atoms with Crippen LogP contribution in [0.3, 0.4) is 0 Å².